The van der Waals surface area contributed by atoms with E-state index in [1.165, 1.54) is 31.4 Å². The monoisotopic (exact) mass is 360 g/mol. The van der Waals surface area contributed by atoms with Crippen LogP contribution in [-0.4, -0.2) is 38.6 Å². The lowest BCUT2D eigenvalue weighted by Gasteiger charge is -2.19. The molecule has 1 rings (SSSR count). The Hall–Kier alpha value is -1.74. The lowest BCUT2D eigenvalue weighted by molar-refractivity contribution is 0.0564. The number of ether oxygens (including phenoxy) is 2. The van der Waals surface area contributed by atoms with E-state index in [1.807, 2.05) is 0 Å². The van der Waals surface area contributed by atoms with Gasteiger partial charge in [0.05, 0.1) is 12.0 Å². The average molecular weight is 360 g/mol. The Balaban J connectivity index is 2.96. The molecule has 0 aliphatic rings. The maximum absolute atomic E-state index is 12.2. The highest BCUT2D eigenvalue weighted by Crippen LogP contribution is 2.18. The fourth-order valence-corrected chi connectivity index (χ4v) is 3.04. The fraction of sp³-hybridized carbons (Fsp3) is 0.429. The van der Waals surface area contributed by atoms with Crippen molar-refractivity contribution in [2.45, 2.75) is 31.3 Å². The molecule has 1 N–H and O–H groups in total. The summed E-state index contributed by atoms with van der Waals surface area (Å²) in [4.78, 5) is 11.7. The summed E-state index contributed by atoms with van der Waals surface area (Å²) in [6.07, 6.45) is 0.829. The minimum Gasteiger partial charge on any atom is -0.497 e. The second-order valence-electron chi connectivity index (χ2n) is 5.38. The number of carbonyl (C=O) groups is 1. The van der Waals surface area contributed by atoms with Crippen molar-refractivity contribution in [3.05, 3.63) is 24.3 Å². The highest BCUT2D eigenvalue weighted by Gasteiger charge is 2.19. The molecule has 23 heavy (non-hydrogen) atoms. The summed E-state index contributed by atoms with van der Waals surface area (Å²) in [5.41, 5.74) is -0.692. The molecular formula is C14H20N2O5S2. The molecule has 1 amide bonds. The maximum Gasteiger partial charge on any atom is 0.413 e. The summed E-state index contributed by atoms with van der Waals surface area (Å²) >= 11 is 0.988. The van der Waals surface area contributed by atoms with Gasteiger partial charge in [0.1, 0.15) is 11.4 Å². The van der Waals surface area contributed by atoms with Crippen LogP contribution < -0.4 is 10.1 Å². The van der Waals surface area contributed by atoms with Gasteiger partial charge < -0.3 is 9.47 Å². The van der Waals surface area contributed by atoms with Gasteiger partial charge in [-0.05, 0) is 51.3 Å². The zero-order chi connectivity index (χ0) is 17.7. The highest BCUT2D eigenvalue weighted by atomic mass is 32.2. The molecule has 0 saturated heterocycles. The van der Waals surface area contributed by atoms with E-state index in [-0.39, 0.29) is 10.1 Å². The third-order valence-corrected chi connectivity index (χ3v) is 4.35. The maximum atomic E-state index is 12.2. The Bertz CT molecular complexity index is 676. The van der Waals surface area contributed by atoms with Crippen LogP contribution in [0.25, 0.3) is 0 Å². The van der Waals surface area contributed by atoms with Gasteiger partial charge in [-0.2, -0.15) is 8.42 Å². The van der Waals surface area contributed by atoms with E-state index in [0.717, 1.165) is 11.8 Å². The second-order valence-corrected chi connectivity index (χ2v) is 7.78. The fourth-order valence-electron chi connectivity index (χ4n) is 1.41. The molecule has 0 saturated carbocycles. The molecule has 0 bridgehead atoms. The first-order valence-electron chi connectivity index (χ1n) is 6.60. The van der Waals surface area contributed by atoms with Crippen LogP contribution in [0.2, 0.25) is 0 Å². The zero-order valence-electron chi connectivity index (χ0n) is 13.6. The number of alkyl carbamates (subject to hydrolysis) is 1. The van der Waals surface area contributed by atoms with Gasteiger partial charge in [-0.25, -0.2) is 4.79 Å². The van der Waals surface area contributed by atoms with E-state index in [0.29, 0.717) is 5.75 Å². The first-order valence-corrected chi connectivity index (χ1v) is 9.27. The number of methoxy groups -OCH3 is 1. The Kier molecular flexibility index (Phi) is 6.46. The standard InChI is InChI=1S/C14H20N2O5S2/c1-14(2,3)21-13(17)15-12(22-5)16-23(18,19)11-8-6-10(20-4)7-9-11/h6-9H,1-5H3,(H,15,16,17). The topological polar surface area (TPSA) is 94.1 Å². The summed E-state index contributed by atoms with van der Waals surface area (Å²) in [5, 5.41) is 2.25. The number of hydrogen-bond donors (Lipinski definition) is 1. The lowest BCUT2D eigenvalue weighted by atomic mass is 10.2. The number of nitrogens with one attached hydrogen (secondary N) is 1. The van der Waals surface area contributed by atoms with Gasteiger partial charge in [-0.3, -0.25) is 5.32 Å². The molecule has 0 aromatic heterocycles. The molecule has 1 aromatic carbocycles. The van der Waals surface area contributed by atoms with Crippen LogP contribution in [0.5, 0.6) is 5.75 Å². The third-order valence-electron chi connectivity index (χ3n) is 2.36. The molecule has 9 heteroatoms. The second kappa shape index (κ2) is 7.69. The normalized spacial score (nSPS) is 12.7. The molecule has 0 aliphatic heterocycles. The largest absolute Gasteiger partial charge is 0.497 e. The molecule has 0 fully saturated rings. The van der Waals surface area contributed by atoms with E-state index < -0.39 is 21.7 Å². The zero-order valence-corrected chi connectivity index (χ0v) is 15.2. The van der Waals surface area contributed by atoms with E-state index in [2.05, 4.69) is 9.71 Å². The van der Waals surface area contributed by atoms with Gasteiger partial charge in [-0.1, -0.05) is 11.8 Å². The quantitative estimate of drug-likeness (QED) is 0.658. The van der Waals surface area contributed by atoms with E-state index in [1.54, 1.807) is 27.0 Å². The van der Waals surface area contributed by atoms with Crippen molar-refractivity contribution in [3.63, 3.8) is 0 Å². The van der Waals surface area contributed by atoms with Crippen molar-refractivity contribution in [2.24, 2.45) is 4.40 Å². The third kappa shape index (κ3) is 6.49. The molecule has 128 valence electrons. The van der Waals surface area contributed by atoms with E-state index in [4.69, 9.17) is 9.47 Å². The highest BCUT2D eigenvalue weighted by molar-refractivity contribution is 8.13. The molecule has 0 atom stereocenters. The molecule has 1 aromatic rings. The number of hydrogen-bond acceptors (Lipinski definition) is 6. The van der Waals surface area contributed by atoms with Crippen LogP contribution in [0.4, 0.5) is 4.79 Å². The Labute approximate surface area is 140 Å². The smallest absolute Gasteiger partial charge is 0.413 e. The number of nitrogens with zero attached hydrogens (tertiary/aromatic N) is 1. The molecule has 0 radical (unpaired) electrons. The van der Waals surface area contributed by atoms with Gasteiger partial charge in [0.25, 0.3) is 10.0 Å². The predicted octanol–water partition coefficient (Wildman–Crippen LogP) is 2.63. The lowest BCUT2D eigenvalue weighted by Crippen LogP contribution is -2.35. The molecule has 0 heterocycles. The molecular weight excluding hydrogens is 340 g/mol. The van der Waals surface area contributed by atoms with Gasteiger partial charge in [-0.15, -0.1) is 4.40 Å². The number of amidine groups is 1. The summed E-state index contributed by atoms with van der Waals surface area (Å²) in [6, 6.07) is 5.79. The number of rotatable bonds is 3. The summed E-state index contributed by atoms with van der Waals surface area (Å²) in [5.74, 6) is 0.532. The molecule has 7 nitrogen and oxygen atoms in total. The molecule has 0 unspecified atom stereocenters. The first kappa shape index (κ1) is 19.3. The summed E-state index contributed by atoms with van der Waals surface area (Å²) in [6.45, 7) is 5.11. The minimum absolute atomic E-state index is 0.00385. The predicted molar refractivity (Wildman–Crippen MR) is 90.5 cm³/mol. The van der Waals surface area contributed by atoms with Crippen molar-refractivity contribution in [1.82, 2.24) is 5.32 Å². The number of amides is 1. The number of carbonyl (C=O) groups excluding carboxylic acids is 1. The van der Waals surface area contributed by atoms with Crippen LogP contribution in [0.15, 0.2) is 33.6 Å². The van der Waals surface area contributed by atoms with Gasteiger partial charge in [0, 0.05) is 0 Å². The van der Waals surface area contributed by atoms with Crippen molar-refractivity contribution in [2.75, 3.05) is 13.4 Å². The summed E-state index contributed by atoms with van der Waals surface area (Å²) in [7, 11) is -2.46. The number of benzene rings is 1. The average Bonchev–Trinajstić information content (AvgIpc) is 2.44. The number of sulfonamides is 1. The van der Waals surface area contributed by atoms with Crippen molar-refractivity contribution in [1.29, 1.82) is 0 Å². The molecule has 0 spiro atoms. The van der Waals surface area contributed by atoms with Gasteiger partial charge in [0.15, 0.2) is 5.17 Å². The van der Waals surface area contributed by atoms with Crippen LogP contribution in [0.1, 0.15) is 20.8 Å². The first-order chi connectivity index (χ1) is 10.6. The van der Waals surface area contributed by atoms with Crippen molar-refractivity contribution in [3.8, 4) is 5.75 Å². The van der Waals surface area contributed by atoms with E-state index >= 15 is 0 Å². The Morgan fingerprint density at radius 1 is 1.22 bits per heavy atom. The van der Waals surface area contributed by atoms with Crippen molar-refractivity contribution < 1.29 is 22.7 Å². The minimum atomic E-state index is -3.94. The van der Waals surface area contributed by atoms with Crippen LogP contribution in [-0.2, 0) is 14.8 Å². The Morgan fingerprint density at radius 3 is 2.22 bits per heavy atom. The van der Waals surface area contributed by atoms with Crippen LogP contribution in [0.3, 0.4) is 0 Å². The SMILES string of the molecule is COc1ccc(S(=O)(=O)/N=C(\NC(=O)OC(C)(C)C)SC)cc1. The molecule has 0 aliphatic carbocycles. The van der Waals surface area contributed by atoms with Gasteiger partial charge >= 0.3 is 6.09 Å². The van der Waals surface area contributed by atoms with Gasteiger partial charge in [0.2, 0.25) is 0 Å². The number of thioether (sulfide) groups is 1. The van der Waals surface area contributed by atoms with Crippen molar-refractivity contribution >= 4 is 33.0 Å². The van der Waals surface area contributed by atoms with E-state index in [9.17, 15) is 13.2 Å². The Morgan fingerprint density at radius 2 is 1.78 bits per heavy atom. The summed E-state index contributed by atoms with van der Waals surface area (Å²) < 4.78 is 38.1. The van der Waals surface area contributed by atoms with Crippen LogP contribution >= 0.6 is 11.8 Å². The van der Waals surface area contributed by atoms with Crippen LogP contribution in [0, 0.1) is 0 Å².